The summed E-state index contributed by atoms with van der Waals surface area (Å²) in [7, 11) is 0. The van der Waals surface area contributed by atoms with E-state index in [4.69, 9.17) is 4.74 Å². The number of hydrogen-bond donors (Lipinski definition) is 1. The molecule has 1 saturated heterocycles. The minimum atomic E-state index is -0.708. The summed E-state index contributed by atoms with van der Waals surface area (Å²) in [6.07, 6.45) is 2.79. The standard InChI is InChI=1S/C13H20N2O4/c1-2-19-11(16)8-10-12(17)14-6-7-15(10)13(18)9-4-3-5-9/h9-10H,2-8H2,1H3,(H,14,17). The van der Waals surface area contributed by atoms with Gasteiger partial charge in [0.1, 0.15) is 6.04 Å². The molecule has 0 aromatic carbocycles. The fraction of sp³-hybridized carbons (Fsp3) is 0.769. The van der Waals surface area contributed by atoms with Crippen molar-refractivity contribution in [2.75, 3.05) is 19.7 Å². The van der Waals surface area contributed by atoms with Crippen LogP contribution in [0.15, 0.2) is 0 Å². The SMILES string of the molecule is CCOC(=O)CC1C(=O)NCCN1C(=O)C1CCC1. The Hall–Kier alpha value is -1.59. The van der Waals surface area contributed by atoms with Crippen molar-refractivity contribution in [1.82, 2.24) is 10.2 Å². The number of carbonyl (C=O) groups excluding carboxylic acids is 3. The normalized spacial score (nSPS) is 23.5. The number of carbonyl (C=O) groups is 3. The highest BCUT2D eigenvalue weighted by atomic mass is 16.5. The molecule has 0 spiro atoms. The summed E-state index contributed by atoms with van der Waals surface area (Å²) in [6, 6.07) is -0.708. The molecule has 1 N–H and O–H groups in total. The highest BCUT2D eigenvalue weighted by molar-refractivity contribution is 5.92. The second-order valence-electron chi connectivity index (χ2n) is 4.98. The van der Waals surface area contributed by atoms with Crippen molar-refractivity contribution in [3.05, 3.63) is 0 Å². The molecule has 0 radical (unpaired) electrons. The first-order valence-corrected chi connectivity index (χ1v) is 6.87. The summed E-state index contributed by atoms with van der Waals surface area (Å²) in [5.74, 6) is -0.645. The molecule has 0 aromatic heterocycles. The highest BCUT2D eigenvalue weighted by Gasteiger charge is 2.39. The van der Waals surface area contributed by atoms with Crippen LogP contribution in [0.2, 0.25) is 0 Å². The number of ether oxygens (including phenoxy) is 1. The Morgan fingerprint density at radius 2 is 2.16 bits per heavy atom. The minimum absolute atomic E-state index is 0.00963. The molecule has 106 valence electrons. The van der Waals surface area contributed by atoms with Crippen molar-refractivity contribution in [3.8, 4) is 0 Å². The third-order valence-electron chi connectivity index (χ3n) is 3.73. The third kappa shape index (κ3) is 3.05. The van der Waals surface area contributed by atoms with Crippen LogP contribution in [0.1, 0.15) is 32.6 Å². The molecule has 2 aliphatic rings. The van der Waals surface area contributed by atoms with Crippen LogP contribution in [0.25, 0.3) is 0 Å². The molecule has 2 fully saturated rings. The van der Waals surface area contributed by atoms with Gasteiger partial charge in [-0.25, -0.2) is 0 Å². The van der Waals surface area contributed by atoms with Crippen molar-refractivity contribution < 1.29 is 19.1 Å². The van der Waals surface area contributed by atoms with Crippen LogP contribution in [-0.2, 0) is 19.1 Å². The lowest BCUT2D eigenvalue weighted by Gasteiger charge is -2.38. The Morgan fingerprint density at radius 3 is 2.74 bits per heavy atom. The monoisotopic (exact) mass is 268 g/mol. The topological polar surface area (TPSA) is 75.7 Å². The summed E-state index contributed by atoms with van der Waals surface area (Å²) >= 11 is 0. The zero-order valence-electron chi connectivity index (χ0n) is 11.2. The van der Waals surface area contributed by atoms with Gasteiger partial charge in [0.25, 0.3) is 0 Å². The Kier molecular flexibility index (Phi) is 4.39. The second-order valence-corrected chi connectivity index (χ2v) is 4.98. The quantitative estimate of drug-likeness (QED) is 0.732. The van der Waals surface area contributed by atoms with Gasteiger partial charge in [-0.3, -0.25) is 14.4 Å². The molecular formula is C13H20N2O4. The van der Waals surface area contributed by atoms with E-state index >= 15 is 0 Å². The number of hydrogen-bond acceptors (Lipinski definition) is 4. The van der Waals surface area contributed by atoms with E-state index in [0.29, 0.717) is 13.1 Å². The maximum atomic E-state index is 12.3. The molecule has 1 saturated carbocycles. The smallest absolute Gasteiger partial charge is 0.308 e. The van der Waals surface area contributed by atoms with Crippen LogP contribution in [-0.4, -0.2) is 48.4 Å². The van der Waals surface area contributed by atoms with E-state index in [1.165, 1.54) is 0 Å². The largest absolute Gasteiger partial charge is 0.466 e. The molecule has 2 amide bonds. The number of rotatable bonds is 4. The van der Waals surface area contributed by atoms with Gasteiger partial charge in [0.05, 0.1) is 13.0 Å². The lowest BCUT2D eigenvalue weighted by atomic mass is 9.83. The van der Waals surface area contributed by atoms with Crippen LogP contribution >= 0.6 is 0 Å². The van der Waals surface area contributed by atoms with Gasteiger partial charge in [-0.2, -0.15) is 0 Å². The number of nitrogens with zero attached hydrogens (tertiary/aromatic N) is 1. The Balaban J connectivity index is 2.02. The first kappa shape index (κ1) is 13.8. The van der Waals surface area contributed by atoms with E-state index < -0.39 is 12.0 Å². The van der Waals surface area contributed by atoms with Gasteiger partial charge in [-0.05, 0) is 19.8 Å². The number of esters is 1. The predicted octanol–water partition coefficient (Wildman–Crippen LogP) is 0.0667. The Labute approximate surface area is 112 Å². The lowest BCUT2D eigenvalue weighted by molar-refractivity contribution is -0.154. The van der Waals surface area contributed by atoms with Gasteiger partial charge in [0.2, 0.25) is 11.8 Å². The van der Waals surface area contributed by atoms with Gasteiger partial charge in [-0.15, -0.1) is 0 Å². The van der Waals surface area contributed by atoms with E-state index in [1.54, 1.807) is 11.8 Å². The molecular weight excluding hydrogens is 248 g/mol. The molecule has 0 bridgehead atoms. The van der Waals surface area contributed by atoms with E-state index in [1.807, 2.05) is 0 Å². The summed E-state index contributed by atoms with van der Waals surface area (Å²) in [6.45, 7) is 2.93. The fourth-order valence-corrected chi connectivity index (χ4v) is 2.45. The van der Waals surface area contributed by atoms with Crippen LogP contribution in [0.3, 0.4) is 0 Å². The molecule has 0 aromatic rings. The van der Waals surface area contributed by atoms with E-state index in [2.05, 4.69) is 5.32 Å². The molecule has 19 heavy (non-hydrogen) atoms. The van der Waals surface area contributed by atoms with E-state index in [0.717, 1.165) is 19.3 Å². The first-order valence-electron chi connectivity index (χ1n) is 6.87. The molecule has 6 nitrogen and oxygen atoms in total. The van der Waals surface area contributed by atoms with Gasteiger partial charge >= 0.3 is 5.97 Å². The van der Waals surface area contributed by atoms with Gasteiger partial charge in [0, 0.05) is 19.0 Å². The van der Waals surface area contributed by atoms with Gasteiger partial charge < -0.3 is 15.0 Å². The van der Waals surface area contributed by atoms with Crippen LogP contribution in [0.4, 0.5) is 0 Å². The summed E-state index contributed by atoms with van der Waals surface area (Å²) in [5, 5.41) is 2.70. The minimum Gasteiger partial charge on any atom is -0.466 e. The van der Waals surface area contributed by atoms with Crippen molar-refractivity contribution in [2.24, 2.45) is 5.92 Å². The zero-order chi connectivity index (χ0) is 13.8. The average Bonchev–Trinajstić information content (AvgIpc) is 2.29. The predicted molar refractivity (Wildman–Crippen MR) is 67.1 cm³/mol. The number of amides is 2. The molecule has 1 atom stereocenters. The maximum absolute atomic E-state index is 12.3. The molecule has 2 rings (SSSR count). The van der Waals surface area contributed by atoms with Crippen molar-refractivity contribution in [2.45, 2.75) is 38.6 Å². The third-order valence-corrected chi connectivity index (χ3v) is 3.73. The van der Waals surface area contributed by atoms with Crippen molar-refractivity contribution in [1.29, 1.82) is 0 Å². The van der Waals surface area contributed by atoms with E-state index in [9.17, 15) is 14.4 Å². The van der Waals surface area contributed by atoms with Gasteiger partial charge in [-0.1, -0.05) is 6.42 Å². The molecule has 1 heterocycles. The molecule has 6 heteroatoms. The van der Waals surface area contributed by atoms with Crippen LogP contribution in [0, 0.1) is 5.92 Å². The fourth-order valence-electron chi connectivity index (χ4n) is 2.45. The summed E-state index contributed by atoms with van der Waals surface area (Å²) in [5.41, 5.74) is 0. The van der Waals surface area contributed by atoms with Crippen molar-refractivity contribution in [3.63, 3.8) is 0 Å². The average molecular weight is 268 g/mol. The Bertz CT molecular complexity index is 379. The lowest BCUT2D eigenvalue weighted by Crippen LogP contribution is -2.59. The van der Waals surface area contributed by atoms with Gasteiger partial charge in [0.15, 0.2) is 0 Å². The van der Waals surface area contributed by atoms with Crippen LogP contribution in [0.5, 0.6) is 0 Å². The number of nitrogens with one attached hydrogen (secondary N) is 1. The Morgan fingerprint density at radius 1 is 1.42 bits per heavy atom. The first-order chi connectivity index (χ1) is 9.13. The molecule has 1 aliphatic heterocycles. The molecule has 1 unspecified atom stereocenters. The summed E-state index contributed by atoms with van der Waals surface area (Å²) in [4.78, 5) is 37.2. The van der Waals surface area contributed by atoms with Crippen molar-refractivity contribution >= 4 is 17.8 Å². The summed E-state index contributed by atoms with van der Waals surface area (Å²) < 4.78 is 4.86. The molecule has 1 aliphatic carbocycles. The highest BCUT2D eigenvalue weighted by Crippen LogP contribution is 2.29. The van der Waals surface area contributed by atoms with E-state index in [-0.39, 0.29) is 30.8 Å². The zero-order valence-corrected chi connectivity index (χ0v) is 11.2. The second kappa shape index (κ2) is 6.04. The maximum Gasteiger partial charge on any atom is 0.308 e. The number of piperazine rings is 1. The van der Waals surface area contributed by atoms with Crippen LogP contribution < -0.4 is 5.32 Å².